The fourth-order valence-electron chi connectivity index (χ4n) is 2.43. The lowest BCUT2D eigenvalue weighted by molar-refractivity contribution is 0.0174. The molecule has 0 aliphatic heterocycles. The number of esters is 1. The van der Waals surface area contributed by atoms with Gasteiger partial charge in [0, 0.05) is 5.69 Å². The first-order valence-corrected chi connectivity index (χ1v) is 6.92. The number of hydrogen-bond donors (Lipinski definition) is 2. The van der Waals surface area contributed by atoms with Gasteiger partial charge in [-0.25, -0.2) is 9.59 Å². The third-order valence-electron chi connectivity index (χ3n) is 3.60. The summed E-state index contributed by atoms with van der Waals surface area (Å²) in [5, 5.41) is 2.44. The second kappa shape index (κ2) is 6.41. The molecule has 2 amide bonds. The molecule has 0 heterocycles. The Bertz CT molecular complexity index is 494. The molecule has 5 nitrogen and oxygen atoms in total. The predicted molar refractivity (Wildman–Crippen MR) is 76.5 cm³/mol. The van der Waals surface area contributed by atoms with Crippen LogP contribution in [0.4, 0.5) is 10.5 Å². The van der Waals surface area contributed by atoms with Crippen LogP contribution >= 0.6 is 0 Å². The van der Waals surface area contributed by atoms with E-state index in [0.29, 0.717) is 17.2 Å². The molecule has 0 radical (unpaired) electrons. The number of carbonyl (C=O) groups is 2. The molecule has 1 aliphatic carbocycles. The van der Waals surface area contributed by atoms with Crippen molar-refractivity contribution < 1.29 is 14.3 Å². The van der Waals surface area contributed by atoms with Gasteiger partial charge in [0.25, 0.3) is 0 Å². The van der Waals surface area contributed by atoms with E-state index in [1.165, 1.54) is 0 Å². The quantitative estimate of drug-likeness (QED) is 0.833. The lowest BCUT2D eigenvalue weighted by Crippen LogP contribution is -2.24. The molecule has 2 rings (SSSR count). The van der Waals surface area contributed by atoms with Crippen LogP contribution in [0.1, 0.15) is 43.0 Å². The van der Waals surface area contributed by atoms with Crippen molar-refractivity contribution in [3.05, 3.63) is 29.8 Å². The number of benzene rings is 1. The maximum Gasteiger partial charge on any atom is 0.338 e. The molecule has 1 saturated carbocycles. The molecule has 0 aromatic heterocycles. The molecule has 20 heavy (non-hydrogen) atoms. The minimum Gasteiger partial charge on any atom is -0.459 e. The fourth-order valence-corrected chi connectivity index (χ4v) is 2.43. The second-order valence-corrected chi connectivity index (χ2v) is 5.36. The van der Waals surface area contributed by atoms with Crippen LogP contribution in [0.3, 0.4) is 0 Å². The maximum atomic E-state index is 12.1. The van der Waals surface area contributed by atoms with Gasteiger partial charge in [0.1, 0.15) is 6.10 Å². The number of urea groups is 1. The Kier molecular flexibility index (Phi) is 4.61. The minimum absolute atomic E-state index is 0.00598. The van der Waals surface area contributed by atoms with Gasteiger partial charge in [0.15, 0.2) is 0 Å². The molecule has 0 bridgehead atoms. The Hall–Kier alpha value is -2.04. The summed E-state index contributed by atoms with van der Waals surface area (Å²) in [7, 11) is 0. The highest BCUT2D eigenvalue weighted by Crippen LogP contribution is 2.26. The van der Waals surface area contributed by atoms with Gasteiger partial charge in [-0.2, -0.15) is 0 Å². The predicted octanol–water partition coefficient (Wildman–Crippen LogP) is 2.91. The molecular formula is C15H20N2O3. The van der Waals surface area contributed by atoms with Crippen molar-refractivity contribution >= 4 is 17.7 Å². The molecule has 1 fully saturated rings. The van der Waals surface area contributed by atoms with Gasteiger partial charge in [-0.15, -0.1) is 0 Å². The summed E-state index contributed by atoms with van der Waals surface area (Å²) in [5.74, 6) is 0.366. The van der Waals surface area contributed by atoms with Crippen LogP contribution in [-0.4, -0.2) is 18.1 Å². The van der Waals surface area contributed by atoms with E-state index in [2.05, 4.69) is 12.2 Å². The van der Waals surface area contributed by atoms with Gasteiger partial charge >= 0.3 is 12.0 Å². The molecule has 1 aliphatic rings. The zero-order valence-electron chi connectivity index (χ0n) is 11.6. The first kappa shape index (κ1) is 14.4. The minimum atomic E-state index is -0.656. The van der Waals surface area contributed by atoms with E-state index in [9.17, 15) is 9.59 Å². The van der Waals surface area contributed by atoms with Crippen LogP contribution in [0.5, 0.6) is 0 Å². The van der Waals surface area contributed by atoms with Crippen LogP contribution in [0.15, 0.2) is 24.3 Å². The highest BCUT2D eigenvalue weighted by atomic mass is 16.5. The van der Waals surface area contributed by atoms with Crippen LogP contribution in [0.25, 0.3) is 0 Å². The van der Waals surface area contributed by atoms with Gasteiger partial charge in [-0.05, 0) is 49.8 Å². The summed E-state index contributed by atoms with van der Waals surface area (Å²) in [6.07, 6.45) is 4.05. The monoisotopic (exact) mass is 276 g/mol. The SMILES string of the molecule is CC1CCC(OC(=O)c2cccc(NC(N)=O)c2)CC1. The lowest BCUT2D eigenvalue weighted by atomic mass is 9.89. The summed E-state index contributed by atoms with van der Waals surface area (Å²) >= 11 is 0. The first-order valence-electron chi connectivity index (χ1n) is 6.92. The Morgan fingerprint density at radius 2 is 1.95 bits per heavy atom. The number of ether oxygens (including phenoxy) is 1. The van der Waals surface area contributed by atoms with Crippen molar-refractivity contribution in [3.8, 4) is 0 Å². The summed E-state index contributed by atoms with van der Waals surface area (Å²) in [4.78, 5) is 22.9. The number of amides is 2. The van der Waals surface area contributed by atoms with Gasteiger partial charge in [0.2, 0.25) is 0 Å². The van der Waals surface area contributed by atoms with E-state index in [4.69, 9.17) is 10.5 Å². The van der Waals surface area contributed by atoms with E-state index in [1.807, 2.05) is 0 Å². The molecule has 0 unspecified atom stereocenters. The van der Waals surface area contributed by atoms with E-state index < -0.39 is 6.03 Å². The van der Waals surface area contributed by atoms with Crippen molar-refractivity contribution in [2.75, 3.05) is 5.32 Å². The summed E-state index contributed by atoms with van der Waals surface area (Å²) in [6.45, 7) is 2.22. The molecular weight excluding hydrogens is 256 g/mol. The molecule has 3 N–H and O–H groups in total. The van der Waals surface area contributed by atoms with Crippen molar-refractivity contribution in [3.63, 3.8) is 0 Å². The lowest BCUT2D eigenvalue weighted by Gasteiger charge is -2.26. The zero-order chi connectivity index (χ0) is 14.5. The molecule has 5 heteroatoms. The average Bonchev–Trinajstić information content (AvgIpc) is 2.41. The standard InChI is InChI=1S/C15H20N2O3/c1-10-5-7-13(8-6-10)20-14(18)11-3-2-4-12(9-11)17-15(16)19/h2-4,9-10,13H,5-8H2,1H3,(H3,16,17,19). The van der Waals surface area contributed by atoms with Crippen LogP contribution in [0.2, 0.25) is 0 Å². The third kappa shape index (κ3) is 3.98. The van der Waals surface area contributed by atoms with Crippen LogP contribution in [-0.2, 0) is 4.74 Å². The summed E-state index contributed by atoms with van der Waals surface area (Å²) in [5.41, 5.74) is 5.96. The summed E-state index contributed by atoms with van der Waals surface area (Å²) < 4.78 is 5.50. The van der Waals surface area contributed by atoms with Crippen molar-refractivity contribution in [2.45, 2.75) is 38.7 Å². The van der Waals surface area contributed by atoms with E-state index in [1.54, 1.807) is 24.3 Å². The average molecular weight is 276 g/mol. The van der Waals surface area contributed by atoms with Gasteiger partial charge in [-0.3, -0.25) is 0 Å². The molecule has 108 valence electrons. The maximum absolute atomic E-state index is 12.1. The first-order chi connectivity index (χ1) is 9.54. The number of primary amides is 1. The number of nitrogens with two attached hydrogens (primary N) is 1. The van der Waals surface area contributed by atoms with Crippen LogP contribution < -0.4 is 11.1 Å². The smallest absolute Gasteiger partial charge is 0.338 e. The molecule has 0 saturated heterocycles. The Labute approximate surface area is 118 Å². The molecule has 0 atom stereocenters. The van der Waals surface area contributed by atoms with Crippen LogP contribution in [0, 0.1) is 5.92 Å². The Morgan fingerprint density at radius 1 is 1.25 bits per heavy atom. The van der Waals surface area contributed by atoms with E-state index in [0.717, 1.165) is 25.7 Å². The van der Waals surface area contributed by atoms with Gasteiger partial charge in [0.05, 0.1) is 5.56 Å². The normalized spacial score (nSPS) is 22.1. The zero-order valence-corrected chi connectivity index (χ0v) is 11.6. The highest BCUT2D eigenvalue weighted by Gasteiger charge is 2.22. The number of anilines is 1. The largest absolute Gasteiger partial charge is 0.459 e. The number of carbonyl (C=O) groups excluding carboxylic acids is 2. The fraction of sp³-hybridized carbons (Fsp3) is 0.467. The third-order valence-corrected chi connectivity index (χ3v) is 3.60. The van der Waals surface area contributed by atoms with E-state index >= 15 is 0 Å². The number of nitrogens with one attached hydrogen (secondary N) is 1. The molecule has 1 aromatic carbocycles. The van der Waals surface area contributed by atoms with Crippen molar-refractivity contribution in [1.29, 1.82) is 0 Å². The molecule has 1 aromatic rings. The Balaban J connectivity index is 1.96. The number of rotatable bonds is 3. The van der Waals surface area contributed by atoms with E-state index in [-0.39, 0.29) is 12.1 Å². The highest BCUT2D eigenvalue weighted by molar-refractivity contribution is 5.93. The summed E-state index contributed by atoms with van der Waals surface area (Å²) in [6, 6.07) is 5.93. The van der Waals surface area contributed by atoms with Crippen molar-refractivity contribution in [2.24, 2.45) is 11.7 Å². The molecule has 0 spiro atoms. The van der Waals surface area contributed by atoms with Gasteiger partial charge in [-0.1, -0.05) is 13.0 Å². The topological polar surface area (TPSA) is 81.4 Å². The number of hydrogen-bond acceptors (Lipinski definition) is 3. The second-order valence-electron chi connectivity index (χ2n) is 5.36. The van der Waals surface area contributed by atoms with Gasteiger partial charge < -0.3 is 15.8 Å². The Morgan fingerprint density at radius 3 is 2.60 bits per heavy atom. The van der Waals surface area contributed by atoms with Crippen molar-refractivity contribution in [1.82, 2.24) is 0 Å².